The first-order chi connectivity index (χ1) is 6.93. The molecule has 2 atom stereocenters. The van der Waals surface area contributed by atoms with Crippen LogP contribution in [-0.4, -0.2) is 22.2 Å². The van der Waals surface area contributed by atoms with Gasteiger partial charge in [0.25, 0.3) is 0 Å². The topological polar surface area (TPSA) is 74.6 Å². The molecule has 0 spiro atoms. The van der Waals surface area contributed by atoms with Crippen LogP contribution in [0, 0.1) is 17.8 Å². The van der Waals surface area contributed by atoms with Gasteiger partial charge in [0.15, 0.2) is 0 Å². The van der Waals surface area contributed by atoms with Gasteiger partial charge < -0.3 is 10.2 Å². The number of carboxylic acids is 2. The van der Waals surface area contributed by atoms with E-state index in [0.29, 0.717) is 18.8 Å². The van der Waals surface area contributed by atoms with Crippen LogP contribution in [0.4, 0.5) is 0 Å². The van der Waals surface area contributed by atoms with Gasteiger partial charge in [0, 0.05) is 0 Å². The van der Waals surface area contributed by atoms with Gasteiger partial charge in [-0.3, -0.25) is 9.59 Å². The summed E-state index contributed by atoms with van der Waals surface area (Å²) < 4.78 is 0. The Bertz CT molecular complexity index is 304. The summed E-state index contributed by atoms with van der Waals surface area (Å²) in [4.78, 5) is 21.8. The molecule has 2 unspecified atom stereocenters. The van der Waals surface area contributed by atoms with Crippen LogP contribution in [0.3, 0.4) is 0 Å². The predicted octanol–water partition coefficient (Wildman–Crippen LogP) is 1.76. The minimum atomic E-state index is -1.01. The summed E-state index contributed by atoms with van der Waals surface area (Å²) in [5.41, 5.74) is 1.06. The van der Waals surface area contributed by atoms with Gasteiger partial charge in [0.05, 0.1) is 11.8 Å². The van der Waals surface area contributed by atoms with Gasteiger partial charge in [-0.15, -0.1) is 0 Å². The molecule has 0 saturated carbocycles. The first-order valence-corrected chi connectivity index (χ1v) is 5.08. The van der Waals surface area contributed by atoms with E-state index in [1.165, 1.54) is 0 Å². The molecule has 0 heterocycles. The molecule has 0 aromatic heterocycles. The number of carbonyl (C=O) groups is 2. The van der Waals surface area contributed by atoms with Gasteiger partial charge in [0.1, 0.15) is 0 Å². The molecule has 0 saturated heterocycles. The van der Waals surface area contributed by atoms with Crippen LogP contribution in [0.1, 0.15) is 26.7 Å². The van der Waals surface area contributed by atoms with Crippen LogP contribution in [0.5, 0.6) is 0 Å². The molecule has 0 aliphatic heterocycles. The van der Waals surface area contributed by atoms with Gasteiger partial charge >= 0.3 is 11.9 Å². The quantitative estimate of drug-likeness (QED) is 0.699. The van der Waals surface area contributed by atoms with Crippen molar-refractivity contribution >= 4 is 11.9 Å². The molecule has 15 heavy (non-hydrogen) atoms. The van der Waals surface area contributed by atoms with E-state index in [9.17, 15) is 9.59 Å². The normalized spacial score (nSPS) is 26.2. The average Bonchev–Trinajstić information content (AvgIpc) is 2.16. The van der Waals surface area contributed by atoms with E-state index in [4.69, 9.17) is 10.2 Å². The number of hydrogen-bond donors (Lipinski definition) is 2. The van der Waals surface area contributed by atoms with Crippen LogP contribution in [0.2, 0.25) is 0 Å². The van der Waals surface area contributed by atoms with Crippen LogP contribution in [0.15, 0.2) is 11.6 Å². The number of allylic oxidation sites excluding steroid dienone is 2. The Kier molecular flexibility index (Phi) is 3.50. The zero-order valence-electron chi connectivity index (χ0n) is 8.93. The summed E-state index contributed by atoms with van der Waals surface area (Å²) in [5.74, 6) is -3.27. The third-order valence-electron chi connectivity index (χ3n) is 2.95. The SMILES string of the molecule is CC(C)C1=CCC(C(=O)O)C(C(=O)O)C1. The number of aliphatic carboxylic acids is 2. The lowest BCUT2D eigenvalue weighted by molar-refractivity contribution is -0.154. The maximum atomic E-state index is 10.9. The van der Waals surface area contributed by atoms with Crippen LogP contribution >= 0.6 is 0 Å². The number of hydrogen-bond acceptors (Lipinski definition) is 2. The molecule has 1 aliphatic rings. The molecule has 0 bridgehead atoms. The fourth-order valence-electron chi connectivity index (χ4n) is 1.93. The van der Waals surface area contributed by atoms with E-state index >= 15 is 0 Å². The molecule has 1 rings (SSSR count). The van der Waals surface area contributed by atoms with E-state index in [2.05, 4.69) is 0 Å². The van der Waals surface area contributed by atoms with Crippen molar-refractivity contribution in [2.45, 2.75) is 26.7 Å². The van der Waals surface area contributed by atoms with Crippen LogP contribution in [-0.2, 0) is 9.59 Å². The summed E-state index contributed by atoms with van der Waals surface area (Å²) >= 11 is 0. The van der Waals surface area contributed by atoms with Crippen molar-refractivity contribution in [3.63, 3.8) is 0 Å². The molecular weight excluding hydrogens is 196 g/mol. The lowest BCUT2D eigenvalue weighted by atomic mass is 9.77. The predicted molar refractivity (Wildman–Crippen MR) is 54.4 cm³/mol. The van der Waals surface area contributed by atoms with Gasteiger partial charge in [-0.05, 0) is 18.8 Å². The zero-order valence-corrected chi connectivity index (χ0v) is 8.93. The highest BCUT2D eigenvalue weighted by Gasteiger charge is 2.36. The number of rotatable bonds is 3. The van der Waals surface area contributed by atoms with Crippen molar-refractivity contribution in [3.8, 4) is 0 Å². The Morgan fingerprint density at radius 1 is 1.27 bits per heavy atom. The Morgan fingerprint density at radius 3 is 2.20 bits per heavy atom. The van der Waals surface area contributed by atoms with Gasteiger partial charge in [-0.1, -0.05) is 25.5 Å². The van der Waals surface area contributed by atoms with Crippen molar-refractivity contribution in [3.05, 3.63) is 11.6 Å². The zero-order chi connectivity index (χ0) is 11.6. The van der Waals surface area contributed by atoms with Crippen molar-refractivity contribution < 1.29 is 19.8 Å². The highest BCUT2D eigenvalue weighted by Crippen LogP contribution is 2.33. The average molecular weight is 212 g/mol. The van der Waals surface area contributed by atoms with Crippen molar-refractivity contribution in [2.75, 3.05) is 0 Å². The van der Waals surface area contributed by atoms with Gasteiger partial charge in [0.2, 0.25) is 0 Å². The molecule has 0 radical (unpaired) electrons. The Balaban J connectivity index is 2.87. The maximum absolute atomic E-state index is 10.9. The first-order valence-electron chi connectivity index (χ1n) is 5.08. The molecule has 0 aromatic rings. The minimum absolute atomic E-state index is 0.293. The van der Waals surface area contributed by atoms with Crippen LogP contribution in [0.25, 0.3) is 0 Å². The van der Waals surface area contributed by atoms with E-state index < -0.39 is 23.8 Å². The lowest BCUT2D eigenvalue weighted by Crippen LogP contribution is -2.32. The third kappa shape index (κ3) is 2.58. The Hall–Kier alpha value is -1.32. The Morgan fingerprint density at radius 2 is 1.80 bits per heavy atom. The minimum Gasteiger partial charge on any atom is -0.481 e. The highest BCUT2D eigenvalue weighted by molar-refractivity contribution is 5.80. The second kappa shape index (κ2) is 4.47. The number of carboxylic acid groups (broad SMARTS) is 2. The molecule has 4 nitrogen and oxygen atoms in total. The van der Waals surface area contributed by atoms with Crippen molar-refractivity contribution in [2.24, 2.45) is 17.8 Å². The second-order valence-corrected chi connectivity index (χ2v) is 4.26. The summed E-state index contributed by atoms with van der Waals surface area (Å²) in [6.07, 6.45) is 2.58. The monoisotopic (exact) mass is 212 g/mol. The lowest BCUT2D eigenvalue weighted by Gasteiger charge is -2.27. The first kappa shape index (κ1) is 11.8. The second-order valence-electron chi connectivity index (χ2n) is 4.26. The van der Waals surface area contributed by atoms with Crippen LogP contribution < -0.4 is 0 Å². The smallest absolute Gasteiger partial charge is 0.307 e. The summed E-state index contributed by atoms with van der Waals surface area (Å²) in [7, 11) is 0. The Labute approximate surface area is 88.6 Å². The molecule has 2 N–H and O–H groups in total. The summed E-state index contributed by atoms with van der Waals surface area (Å²) in [5, 5.41) is 17.9. The molecule has 1 aliphatic carbocycles. The van der Waals surface area contributed by atoms with E-state index in [-0.39, 0.29) is 0 Å². The van der Waals surface area contributed by atoms with Gasteiger partial charge in [-0.2, -0.15) is 0 Å². The molecule has 0 amide bonds. The van der Waals surface area contributed by atoms with E-state index in [1.807, 2.05) is 19.9 Å². The molecule has 0 aromatic carbocycles. The molecule has 4 heteroatoms. The highest BCUT2D eigenvalue weighted by atomic mass is 16.4. The maximum Gasteiger partial charge on any atom is 0.307 e. The van der Waals surface area contributed by atoms with Crippen molar-refractivity contribution in [1.82, 2.24) is 0 Å². The summed E-state index contributed by atoms with van der Waals surface area (Å²) in [6, 6.07) is 0. The molecule has 84 valence electrons. The van der Waals surface area contributed by atoms with Crippen molar-refractivity contribution in [1.29, 1.82) is 0 Å². The largest absolute Gasteiger partial charge is 0.481 e. The third-order valence-corrected chi connectivity index (χ3v) is 2.95. The summed E-state index contributed by atoms with van der Waals surface area (Å²) in [6.45, 7) is 3.98. The van der Waals surface area contributed by atoms with E-state index in [0.717, 1.165) is 5.57 Å². The standard InChI is InChI=1S/C11H16O4/c1-6(2)7-3-4-8(10(12)13)9(5-7)11(14)15/h3,6,8-9H,4-5H2,1-2H3,(H,12,13)(H,14,15). The molecular formula is C11H16O4. The van der Waals surface area contributed by atoms with Gasteiger partial charge in [-0.25, -0.2) is 0 Å². The fourth-order valence-corrected chi connectivity index (χ4v) is 1.93. The van der Waals surface area contributed by atoms with E-state index in [1.54, 1.807) is 0 Å². The molecule has 0 fully saturated rings. The fraction of sp³-hybridized carbons (Fsp3) is 0.636.